The molecule has 0 aliphatic carbocycles. The Balaban J connectivity index is 0.000000511. The molecular formula is C28H36N8O5. The molecule has 0 atom stereocenters. The summed E-state index contributed by atoms with van der Waals surface area (Å²) in [6.07, 6.45) is 4.91. The number of morpholine rings is 1. The Labute approximate surface area is 238 Å². The van der Waals surface area contributed by atoms with Crippen molar-refractivity contribution in [2.24, 2.45) is 0 Å². The molecule has 2 saturated heterocycles. The van der Waals surface area contributed by atoms with E-state index in [9.17, 15) is 0 Å². The molecule has 0 bridgehead atoms. The van der Waals surface area contributed by atoms with E-state index in [0.717, 1.165) is 87.1 Å². The number of piperidine rings is 1. The fraction of sp³-hybridized carbons (Fsp3) is 0.500. The largest absolute Gasteiger partial charge is 0.473 e. The number of hydrogen-bond acceptors (Lipinski definition) is 11. The van der Waals surface area contributed by atoms with Gasteiger partial charge in [-0.2, -0.15) is 4.98 Å². The predicted molar refractivity (Wildman–Crippen MR) is 154 cm³/mol. The molecule has 6 rings (SSSR count). The fourth-order valence-electron chi connectivity index (χ4n) is 5.54. The molecule has 2 fully saturated rings. The SMILES string of the molecule is CN(C)C1CCN(c2nc(N3CCOCC3)c3ncnc(N4CCc5ccccc5C4)c3n2)CC1.O=C(O)C(=O)O. The molecule has 2 N–H and O–H groups in total. The molecule has 0 spiro atoms. The number of fused-ring (bicyclic) bond motifs is 2. The molecule has 41 heavy (non-hydrogen) atoms. The van der Waals surface area contributed by atoms with Gasteiger partial charge in [0.25, 0.3) is 0 Å². The number of benzene rings is 1. The summed E-state index contributed by atoms with van der Waals surface area (Å²) in [6.45, 7) is 6.70. The third kappa shape index (κ3) is 6.46. The van der Waals surface area contributed by atoms with Crippen LogP contribution in [0.15, 0.2) is 30.6 Å². The second kappa shape index (κ2) is 12.6. The van der Waals surface area contributed by atoms with E-state index in [4.69, 9.17) is 44.5 Å². The van der Waals surface area contributed by atoms with Crippen molar-refractivity contribution in [2.45, 2.75) is 31.8 Å². The summed E-state index contributed by atoms with van der Waals surface area (Å²) < 4.78 is 5.63. The Kier molecular flexibility index (Phi) is 8.74. The molecule has 0 radical (unpaired) electrons. The normalized spacial score (nSPS) is 17.7. The molecule has 1 aromatic carbocycles. The summed E-state index contributed by atoms with van der Waals surface area (Å²) in [5.74, 6) is -1.04. The van der Waals surface area contributed by atoms with Crippen molar-refractivity contribution in [3.63, 3.8) is 0 Å². The van der Waals surface area contributed by atoms with Crippen molar-refractivity contribution >= 4 is 40.6 Å². The Bertz CT molecular complexity index is 1380. The van der Waals surface area contributed by atoms with E-state index in [2.05, 4.69) is 58.0 Å². The molecular weight excluding hydrogens is 528 g/mol. The van der Waals surface area contributed by atoms with Crippen molar-refractivity contribution < 1.29 is 24.5 Å². The molecule has 3 aliphatic heterocycles. The van der Waals surface area contributed by atoms with E-state index in [1.54, 1.807) is 6.33 Å². The van der Waals surface area contributed by atoms with Crippen LogP contribution in [0.4, 0.5) is 17.6 Å². The summed E-state index contributed by atoms with van der Waals surface area (Å²) in [5, 5.41) is 14.8. The highest BCUT2D eigenvalue weighted by Crippen LogP contribution is 2.33. The van der Waals surface area contributed by atoms with Crippen LogP contribution in [0.25, 0.3) is 11.0 Å². The zero-order valence-corrected chi connectivity index (χ0v) is 23.4. The first-order valence-corrected chi connectivity index (χ1v) is 13.9. The first-order chi connectivity index (χ1) is 19.8. The van der Waals surface area contributed by atoms with Crippen LogP contribution in [0.5, 0.6) is 0 Å². The van der Waals surface area contributed by atoms with E-state index in [0.29, 0.717) is 19.3 Å². The molecule has 13 nitrogen and oxygen atoms in total. The highest BCUT2D eigenvalue weighted by atomic mass is 16.5. The monoisotopic (exact) mass is 564 g/mol. The topological polar surface area (TPSA) is 148 Å². The maximum atomic E-state index is 9.10. The van der Waals surface area contributed by atoms with Gasteiger partial charge in [-0.3, -0.25) is 0 Å². The fourth-order valence-corrected chi connectivity index (χ4v) is 5.54. The lowest BCUT2D eigenvalue weighted by atomic mass is 10.00. The molecule has 218 valence electrons. The van der Waals surface area contributed by atoms with Gasteiger partial charge in [0.05, 0.1) is 13.2 Å². The highest BCUT2D eigenvalue weighted by Gasteiger charge is 2.28. The number of ether oxygens (including phenoxy) is 1. The minimum Gasteiger partial charge on any atom is -0.473 e. The average molecular weight is 565 g/mol. The number of anilines is 3. The van der Waals surface area contributed by atoms with Crippen molar-refractivity contribution in [1.82, 2.24) is 24.8 Å². The molecule has 3 aromatic rings. The second-order valence-corrected chi connectivity index (χ2v) is 10.6. The standard InChI is InChI=1S/C26H34N8O.C2H2O4/c1-31(2)21-8-11-33(12-9-21)26-29-23-22(25(30-26)32-13-15-35-16-14-32)27-18-28-24(23)34-10-7-19-5-3-4-6-20(19)17-34;3-1(4)2(5)6/h3-6,18,21H,7-17H2,1-2H3;(H,3,4)(H,5,6). The predicted octanol–water partition coefficient (Wildman–Crippen LogP) is 1.51. The summed E-state index contributed by atoms with van der Waals surface area (Å²) in [4.78, 5) is 47.2. The number of carboxylic acids is 2. The van der Waals surface area contributed by atoms with Gasteiger partial charge in [0, 0.05) is 45.3 Å². The number of carboxylic acid groups (broad SMARTS) is 2. The van der Waals surface area contributed by atoms with E-state index >= 15 is 0 Å². The molecule has 0 saturated carbocycles. The average Bonchev–Trinajstić information content (AvgIpc) is 3.00. The minimum absolute atomic E-state index is 0.609. The van der Waals surface area contributed by atoms with Crippen LogP contribution in [0.1, 0.15) is 24.0 Å². The molecule has 3 aliphatic rings. The Morgan fingerprint density at radius 2 is 1.51 bits per heavy atom. The van der Waals surface area contributed by atoms with Gasteiger partial charge in [0.2, 0.25) is 5.95 Å². The van der Waals surface area contributed by atoms with Crippen LogP contribution < -0.4 is 14.7 Å². The van der Waals surface area contributed by atoms with E-state index in [1.165, 1.54) is 11.1 Å². The van der Waals surface area contributed by atoms with Crippen LogP contribution in [-0.2, 0) is 27.3 Å². The van der Waals surface area contributed by atoms with Crippen molar-refractivity contribution in [2.75, 3.05) is 74.7 Å². The molecule has 13 heteroatoms. The maximum absolute atomic E-state index is 9.10. The number of rotatable bonds is 4. The smallest absolute Gasteiger partial charge is 0.414 e. The third-order valence-electron chi connectivity index (χ3n) is 7.83. The number of hydrogen-bond donors (Lipinski definition) is 2. The van der Waals surface area contributed by atoms with Gasteiger partial charge < -0.3 is 34.5 Å². The van der Waals surface area contributed by atoms with Crippen molar-refractivity contribution in [1.29, 1.82) is 0 Å². The van der Waals surface area contributed by atoms with Crippen LogP contribution in [0.2, 0.25) is 0 Å². The number of nitrogens with zero attached hydrogens (tertiary/aromatic N) is 8. The van der Waals surface area contributed by atoms with Gasteiger partial charge in [-0.25, -0.2) is 24.5 Å². The van der Waals surface area contributed by atoms with E-state index in [-0.39, 0.29) is 0 Å². The zero-order chi connectivity index (χ0) is 28.9. The van der Waals surface area contributed by atoms with Gasteiger partial charge in [-0.05, 0) is 44.5 Å². The number of aliphatic carboxylic acids is 2. The van der Waals surface area contributed by atoms with Crippen molar-refractivity contribution in [3.8, 4) is 0 Å². The summed E-state index contributed by atoms with van der Waals surface area (Å²) >= 11 is 0. The Hall–Kier alpha value is -4.10. The lowest BCUT2D eigenvalue weighted by Gasteiger charge is -2.36. The van der Waals surface area contributed by atoms with Gasteiger partial charge in [-0.15, -0.1) is 0 Å². The molecule has 5 heterocycles. The first kappa shape index (κ1) is 28.4. The quantitative estimate of drug-likeness (QED) is 0.441. The molecule has 0 amide bonds. The summed E-state index contributed by atoms with van der Waals surface area (Å²) in [5.41, 5.74) is 4.48. The maximum Gasteiger partial charge on any atom is 0.414 e. The summed E-state index contributed by atoms with van der Waals surface area (Å²) in [7, 11) is 4.34. The van der Waals surface area contributed by atoms with Crippen molar-refractivity contribution in [3.05, 3.63) is 41.7 Å². The van der Waals surface area contributed by atoms with Gasteiger partial charge in [0.1, 0.15) is 17.4 Å². The number of aromatic nitrogens is 4. The highest BCUT2D eigenvalue weighted by molar-refractivity contribution is 6.27. The van der Waals surface area contributed by atoms with Crippen LogP contribution >= 0.6 is 0 Å². The third-order valence-corrected chi connectivity index (χ3v) is 7.83. The number of carbonyl (C=O) groups is 2. The lowest BCUT2D eigenvalue weighted by Crippen LogP contribution is -2.43. The van der Waals surface area contributed by atoms with E-state index in [1.807, 2.05) is 0 Å². The summed E-state index contributed by atoms with van der Waals surface area (Å²) in [6, 6.07) is 9.31. The second-order valence-electron chi connectivity index (χ2n) is 10.6. The van der Waals surface area contributed by atoms with Crippen LogP contribution in [0.3, 0.4) is 0 Å². The van der Waals surface area contributed by atoms with Crippen LogP contribution in [-0.4, -0.2) is 113 Å². The molecule has 0 unspecified atom stereocenters. The van der Waals surface area contributed by atoms with Gasteiger partial charge in [0.15, 0.2) is 11.6 Å². The van der Waals surface area contributed by atoms with Gasteiger partial charge in [-0.1, -0.05) is 24.3 Å². The minimum atomic E-state index is -1.82. The molecule has 2 aromatic heterocycles. The van der Waals surface area contributed by atoms with E-state index < -0.39 is 11.9 Å². The lowest BCUT2D eigenvalue weighted by molar-refractivity contribution is -0.159. The zero-order valence-electron chi connectivity index (χ0n) is 23.4. The Morgan fingerprint density at radius 3 is 2.17 bits per heavy atom. The first-order valence-electron chi connectivity index (χ1n) is 13.9. The van der Waals surface area contributed by atoms with Crippen LogP contribution in [0, 0.1) is 0 Å². The Morgan fingerprint density at radius 1 is 0.829 bits per heavy atom. The van der Waals surface area contributed by atoms with Gasteiger partial charge >= 0.3 is 11.9 Å².